The molecule has 1 fully saturated rings. The van der Waals surface area contributed by atoms with E-state index in [4.69, 9.17) is 5.73 Å². The first-order valence-electron chi connectivity index (χ1n) is 12.0. The number of hydrogen-bond donors (Lipinski definition) is 4. The number of aliphatic hydroxyl groups excluding tert-OH is 1. The minimum Gasteiger partial charge on any atom is -0.469 e. The van der Waals surface area contributed by atoms with Gasteiger partial charge in [0.25, 0.3) is 6.10 Å². The van der Waals surface area contributed by atoms with E-state index in [1.54, 1.807) is 38.1 Å². The van der Waals surface area contributed by atoms with Gasteiger partial charge >= 0.3 is 12.4 Å². The van der Waals surface area contributed by atoms with Crippen LogP contribution in [0, 0.1) is 11.7 Å². The van der Waals surface area contributed by atoms with Crippen LogP contribution in [-0.4, -0.2) is 60.7 Å². The molecule has 5 N–H and O–H groups in total. The molecule has 1 heterocycles. The number of aliphatic hydroxyl groups is 2. The van der Waals surface area contributed by atoms with E-state index in [1.807, 2.05) is 0 Å². The number of alkyl halides is 6. The number of ether oxygens (including phenoxy) is 1. The molecular weight excluding hydrogens is 573 g/mol. The van der Waals surface area contributed by atoms with Crippen LogP contribution in [0.2, 0.25) is 0 Å². The number of halogens is 7. The van der Waals surface area contributed by atoms with Gasteiger partial charge in [0.2, 0.25) is 0 Å². The molecule has 0 saturated carbocycles. The molecular formula is C25H29F7N2O5S. The molecule has 3 atom stereocenters. The first kappa shape index (κ1) is 31.9. The standard InChI is InChI=1S/C25H29F7N2O5S/c1-23(2,36)16-5-3-4-13(7-16)10-34-18-12-40(37,38)11-15(21(18)35)6-14-8-17(26)20(33)19(9-14)39-22(24(27,28)29)25(30,31)32/h3-5,7-9,15,18,21-22,34-36H,6,10-12,33H2,1-2H3/t15-,18+,21+/m1/s1. The maximum absolute atomic E-state index is 14.4. The third-order valence-electron chi connectivity index (χ3n) is 6.49. The highest BCUT2D eigenvalue weighted by atomic mass is 32.2. The van der Waals surface area contributed by atoms with Crippen molar-refractivity contribution in [3.63, 3.8) is 0 Å². The quantitative estimate of drug-likeness (QED) is 0.269. The molecule has 0 spiro atoms. The number of nitrogens with one attached hydrogen (secondary N) is 1. The van der Waals surface area contributed by atoms with E-state index < -0.39 is 87.1 Å². The van der Waals surface area contributed by atoms with Crippen LogP contribution in [-0.2, 0) is 28.4 Å². The summed E-state index contributed by atoms with van der Waals surface area (Å²) in [6.07, 6.45) is -17.8. The van der Waals surface area contributed by atoms with E-state index in [0.717, 1.165) is 6.07 Å². The fourth-order valence-corrected chi connectivity index (χ4v) is 6.44. The van der Waals surface area contributed by atoms with Gasteiger partial charge in [-0.15, -0.1) is 0 Å². The third-order valence-corrected chi connectivity index (χ3v) is 8.29. The third kappa shape index (κ3) is 7.98. The molecule has 3 rings (SSSR count). The van der Waals surface area contributed by atoms with Gasteiger partial charge in [-0.05, 0) is 49.1 Å². The van der Waals surface area contributed by atoms with Crippen molar-refractivity contribution in [2.75, 3.05) is 17.2 Å². The molecule has 0 radical (unpaired) electrons. The largest absolute Gasteiger partial charge is 0.469 e. The lowest BCUT2D eigenvalue weighted by Gasteiger charge is -2.35. The Balaban J connectivity index is 1.82. The van der Waals surface area contributed by atoms with Crippen LogP contribution in [0.15, 0.2) is 36.4 Å². The number of anilines is 1. The summed E-state index contributed by atoms with van der Waals surface area (Å²) in [5.74, 6) is -4.68. The van der Waals surface area contributed by atoms with Crippen LogP contribution in [0.4, 0.5) is 36.4 Å². The molecule has 1 aliphatic heterocycles. The molecule has 0 aromatic heterocycles. The van der Waals surface area contributed by atoms with Crippen LogP contribution in [0.25, 0.3) is 0 Å². The van der Waals surface area contributed by atoms with Crippen LogP contribution in [0.5, 0.6) is 5.75 Å². The fourth-order valence-electron chi connectivity index (χ4n) is 4.47. The molecule has 0 bridgehead atoms. The van der Waals surface area contributed by atoms with Crippen molar-refractivity contribution in [2.24, 2.45) is 5.92 Å². The Bertz CT molecular complexity index is 1300. The summed E-state index contributed by atoms with van der Waals surface area (Å²) in [5, 5.41) is 24.1. The van der Waals surface area contributed by atoms with E-state index in [0.29, 0.717) is 17.2 Å². The van der Waals surface area contributed by atoms with Crippen molar-refractivity contribution in [2.45, 2.75) is 63.0 Å². The van der Waals surface area contributed by atoms with Crippen LogP contribution in [0.3, 0.4) is 0 Å². The Labute approximate surface area is 226 Å². The highest BCUT2D eigenvalue weighted by molar-refractivity contribution is 7.91. The van der Waals surface area contributed by atoms with Crippen molar-refractivity contribution >= 4 is 15.5 Å². The summed E-state index contributed by atoms with van der Waals surface area (Å²) in [4.78, 5) is 0. The topological polar surface area (TPSA) is 122 Å². The molecule has 2 aromatic rings. The molecule has 0 aliphatic carbocycles. The lowest BCUT2D eigenvalue weighted by Crippen LogP contribution is -2.54. The average molecular weight is 603 g/mol. The summed E-state index contributed by atoms with van der Waals surface area (Å²) >= 11 is 0. The number of nitrogen functional groups attached to an aromatic ring is 1. The minimum absolute atomic E-state index is 0.110. The maximum atomic E-state index is 14.4. The number of nitrogens with two attached hydrogens (primary N) is 1. The molecule has 15 heteroatoms. The van der Waals surface area contributed by atoms with E-state index in [1.165, 1.54) is 0 Å². The Morgan fingerprint density at radius 1 is 1.05 bits per heavy atom. The molecule has 2 aromatic carbocycles. The SMILES string of the molecule is CC(C)(O)c1cccc(CN[C@H]2CS(=O)(=O)C[C@@H](Cc3cc(F)c(N)c(OC(C(F)(F)F)C(F)(F)F)c3)[C@@H]2O)c1. The zero-order chi connectivity index (χ0) is 30.3. The zero-order valence-corrected chi connectivity index (χ0v) is 22.2. The van der Waals surface area contributed by atoms with Gasteiger partial charge in [-0.1, -0.05) is 24.3 Å². The molecule has 40 heavy (non-hydrogen) atoms. The number of benzene rings is 2. The predicted octanol–water partition coefficient (Wildman–Crippen LogP) is 3.61. The molecule has 0 unspecified atom stereocenters. The lowest BCUT2D eigenvalue weighted by molar-refractivity contribution is -0.299. The fraction of sp³-hybridized carbons (Fsp3) is 0.520. The number of hydrogen-bond acceptors (Lipinski definition) is 7. The second-order valence-electron chi connectivity index (χ2n) is 10.3. The van der Waals surface area contributed by atoms with Crippen molar-refractivity contribution in [3.8, 4) is 5.75 Å². The zero-order valence-electron chi connectivity index (χ0n) is 21.4. The summed E-state index contributed by atoms with van der Waals surface area (Å²) in [7, 11) is -3.77. The van der Waals surface area contributed by atoms with E-state index >= 15 is 0 Å². The summed E-state index contributed by atoms with van der Waals surface area (Å²) < 4.78 is 121. The van der Waals surface area contributed by atoms with Crippen LogP contribution < -0.4 is 15.8 Å². The second kappa shape index (κ2) is 11.3. The van der Waals surface area contributed by atoms with Gasteiger partial charge < -0.3 is 26.0 Å². The molecule has 224 valence electrons. The first-order valence-corrected chi connectivity index (χ1v) is 13.8. The maximum Gasteiger partial charge on any atom is 0.434 e. The minimum atomic E-state index is -5.88. The van der Waals surface area contributed by atoms with Gasteiger partial charge in [0, 0.05) is 18.5 Å². The van der Waals surface area contributed by atoms with Gasteiger partial charge in [-0.3, -0.25) is 0 Å². The lowest BCUT2D eigenvalue weighted by atomic mass is 9.90. The van der Waals surface area contributed by atoms with Crippen LogP contribution in [0.1, 0.15) is 30.5 Å². The Morgan fingerprint density at radius 2 is 1.68 bits per heavy atom. The van der Waals surface area contributed by atoms with Crippen molar-refractivity contribution in [1.82, 2.24) is 5.32 Å². The summed E-state index contributed by atoms with van der Waals surface area (Å²) in [5.41, 5.74) is 4.17. The monoisotopic (exact) mass is 602 g/mol. The Hall–Kier alpha value is -2.62. The smallest absolute Gasteiger partial charge is 0.434 e. The normalized spacial score (nSPS) is 21.9. The Morgan fingerprint density at radius 3 is 2.25 bits per heavy atom. The van der Waals surface area contributed by atoms with Crippen molar-refractivity contribution in [3.05, 3.63) is 58.9 Å². The van der Waals surface area contributed by atoms with Gasteiger partial charge in [0.1, 0.15) is 17.3 Å². The molecule has 1 saturated heterocycles. The van der Waals surface area contributed by atoms with Gasteiger partial charge in [-0.25, -0.2) is 12.8 Å². The predicted molar refractivity (Wildman–Crippen MR) is 132 cm³/mol. The van der Waals surface area contributed by atoms with Crippen molar-refractivity contribution in [1.29, 1.82) is 0 Å². The van der Waals surface area contributed by atoms with E-state index in [-0.39, 0.29) is 12.1 Å². The van der Waals surface area contributed by atoms with Crippen LogP contribution >= 0.6 is 0 Å². The molecule has 7 nitrogen and oxygen atoms in total. The van der Waals surface area contributed by atoms with Gasteiger partial charge in [-0.2, -0.15) is 26.3 Å². The van der Waals surface area contributed by atoms with Gasteiger partial charge in [0.15, 0.2) is 9.84 Å². The summed E-state index contributed by atoms with van der Waals surface area (Å²) in [6.45, 7) is 3.29. The highest BCUT2D eigenvalue weighted by Gasteiger charge is 2.59. The van der Waals surface area contributed by atoms with E-state index in [2.05, 4.69) is 10.1 Å². The molecule has 0 amide bonds. The Kier molecular flexibility index (Phi) is 9.04. The molecule has 1 aliphatic rings. The van der Waals surface area contributed by atoms with E-state index in [9.17, 15) is 49.4 Å². The first-order chi connectivity index (χ1) is 18.2. The number of rotatable bonds is 8. The summed E-state index contributed by atoms with van der Waals surface area (Å²) in [6, 6.07) is 7.22. The van der Waals surface area contributed by atoms with Crippen molar-refractivity contribution < 1.29 is 54.1 Å². The highest BCUT2D eigenvalue weighted by Crippen LogP contribution is 2.39. The average Bonchev–Trinajstić information content (AvgIpc) is 2.79. The number of sulfone groups is 1. The second-order valence-corrected chi connectivity index (χ2v) is 12.5. The van der Waals surface area contributed by atoms with Gasteiger partial charge in [0.05, 0.1) is 23.2 Å².